The van der Waals surface area contributed by atoms with Crippen molar-refractivity contribution >= 4 is 11.6 Å². The Morgan fingerprint density at radius 2 is 2.06 bits per heavy atom. The SMILES string of the molecule is CCc1ncnc(O[C@H]2CC[C@@H](O)CC2)c1Cl. The molecule has 0 bridgehead atoms. The fourth-order valence-corrected chi connectivity index (χ4v) is 2.31. The molecule has 1 aromatic heterocycles. The van der Waals surface area contributed by atoms with Crippen LogP contribution in [0.2, 0.25) is 5.02 Å². The molecule has 1 heterocycles. The van der Waals surface area contributed by atoms with Gasteiger partial charge in [-0.3, -0.25) is 0 Å². The summed E-state index contributed by atoms with van der Waals surface area (Å²) in [5.41, 5.74) is 0.813. The molecule has 2 rings (SSSR count). The van der Waals surface area contributed by atoms with Crippen LogP contribution >= 0.6 is 11.6 Å². The highest BCUT2D eigenvalue weighted by atomic mass is 35.5. The first-order chi connectivity index (χ1) is 8.20. The molecule has 1 fully saturated rings. The van der Waals surface area contributed by atoms with Gasteiger partial charge in [0.1, 0.15) is 17.5 Å². The number of aliphatic hydroxyl groups is 1. The maximum Gasteiger partial charge on any atom is 0.236 e. The quantitative estimate of drug-likeness (QED) is 0.902. The maximum absolute atomic E-state index is 9.42. The number of halogens is 1. The van der Waals surface area contributed by atoms with E-state index < -0.39 is 0 Å². The van der Waals surface area contributed by atoms with E-state index in [1.165, 1.54) is 6.33 Å². The van der Waals surface area contributed by atoms with Crippen molar-refractivity contribution in [3.8, 4) is 5.88 Å². The lowest BCUT2D eigenvalue weighted by molar-refractivity contribution is 0.0643. The standard InChI is InChI=1S/C12H17ClN2O2/c1-2-10-11(13)12(15-7-14-10)17-9-5-3-8(16)4-6-9/h7-9,16H,2-6H2,1H3/t8-,9+. The van der Waals surface area contributed by atoms with Gasteiger partial charge in [0.25, 0.3) is 0 Å². The highest BCUT2D eigenvalue weighted by Crippen LogP contribution is 2.28. The van der Waals surface area contributed by atoms with E-state index in [1.54, 1.807) is 0 Å². The molecule has 5 heteroatoms. The highest BCUT2D eigenvalue weighted by Gasteiger charge is 2.22. The molecule has 1 N–H and O–H groups in total. The zero-order chi connectivity index (χ0) is 12.3. The van der Waals surface area contributed by atoms with Crippen molar-refractivity contribution in [3.63, 3.8) is 0 Å². The van der Waals surface area contributed by atoms with Gasteiger partial charge in [-0.2, -0.15) is 0 Å². The summed E-state index contributed by atoms with van der Waals surface area (Å²) >= 11 is 6.16. The van der Waals surface area contributed by atoms with E-state index in [-0.39, 0.29) is 12.2 Å². The molecule has 0 unspecified atom stereocenters. The third-order valence-electron chi connectivity index (χ3n) is 3.09. The average Bonchev–Trinajstić information content (AvgIpc) is 2.35. The van der Waals surface area contributed by atoms with E-state index in [4.69, 9.17) is 16.3 Å². The molecular formula is C12H17ClN2O2. The van der Waals surface area contributed by atoms with Gasteiger partial charge in [0.05, 0.1) is 11.8 Å². The van der Waals surface area contributed by atoms with Gasteiger partial charge < -0.3 is 9.84 Å². The van der Waals surface area contributed by atoms with Gasteiger partial charge in [0, 0.05) is 0 Å². The van der Waals surface area contributed by atoms with E-state index in [1.807, 2.05) is 6.92 Å². The Hall–Kier alpha value is -0.870. The molecule has 0 spiro atoms. The lowest BCUT2D eigenvalue weighted by atomic mass is 9.95. The van der Waals surface area contributed by atoms with Crippen molar-refractivity contribution < 1.29 is 9.84 Å². The highest BCUT2D eigenvalue weighted by molar-refractivity contribution is 6.32. The second kappa shape index (κ2) is 5.65. The summed E-state index contributed by atoms with van der Waals surface area (Å²) in [6.45, 7) is 1.99. The van der Waals surface area contributed by atoms with Gasteiger partial charge >= 0.3 is 0 Å². The minimum absolute atomic E-state index is 0.107. The van der Waals surface area contributed by atoms with Gasteiger partial charge in [0.15, 0.2) is 0 Å². The molecule has 4 nitrogen and oxygen atoms in total. The van der Waals surface area contributed by atoms with Crippen LogP contribution < -0.4 is 4.74 Å². The third-order valence-corrected chi connectivity index (χ3v) is 3.47. The number of aromatic nitrogens is 2. The number of aliphatic hydroxyl groups excluding tert-OH is 1. The van der Waals surface area contributed by atoms with Crippen LogP contribution in [-0.2, 0) is 6.42 Å². The molecule has 0 amide bonds. The van der Waals surface area contributed by atoms with Crippen molar-refractivity contribution in [2.75, 3.05) is 0 Å². The van der Waals surface area contributed by atoms with Gasteiger partial charge in [-0.05, 0) is 32.1 Å². The second-order valence-corrected chi connectivity index (χ2v) is 4.72. The largest absolute Gasteiger partial charge is 0.473 e. The number of rotatable bonds is 3. The minimum atomic E-state index is -0.179. The first-order valence-electron chi connectivity index (χ1n) is 6.04. The number of hydrogen-bond donors (Lipinski definition) is 1. The Balaban J connectivity index is 2.03. The summed E-state index contributed by atoms with van der Waals surface area (Å²) < 4.78 is 5.78. The predicted molar refractivity (Wildman–Crippen MR) is 65.3 cm³/mol. The zero-order valence-corrected chi connectivity index (χ0v) is 10.7. The van der Waals surface area contributed by atoms with Crippen molar-refractivity contribution in [3.05, 3.63) is 17.0 Å². The van der Waals surface area contributed by atoms with E-state index >= 15 is 0 Å². The van der Waals surface area contributed by atoms with Crippen LogP contribution in [0.1, 0.15) is 38.3 Å². The van der Waals surface area contributed by atoms with Crippen molar-refractivity contribution in [1.82, 2.24) is 9.97 Å². The first kappa shape index (κ1) is 12.6. The Labute approximate surface area is 106 Å². The van der Waals surface area contributed by atoms with Crippen LogP contribution in [0.5, 0.6) is 5.88 Å². The van der Waals surface area contributed by atoms with E-state index in [9.17, 15) is 5.11 Å². The van der Waals surface area contributed by atoms with Crippen LogP contribution in [0.25, 0.3) is 0 Å². The molecule has 0 aromatic carbocycles. The van der Waals surface area contributed by atoms with Crippen molar-refractivity contribution in [1.29, 1.82) is 0 Å². The molecule has 0 atom stereocenters. The lowest BCUT2D eigenvalue weighted by Crippen LogP contribution is -2.27. The smallest absolute Gasteiger partial charge is 0.236 e. The Morgan fingerprint density at radius 1 is 1.35 bits per heavy atom. The summed E-state index contributed by atoms with van der Waals surface area (Å²) in [5, 5.41) is 9.94. The molecule has 94 valence electrons. The van der Waals surface area contributed by atoms with Crippen molar-refractivity contribution in [2.24, 2.45) is 0 Å². The molecule has 0 radical (unpaired) electrons. The van der Waals surface area contributed by atoms with Crippen LogP contribution in [0, 0.1) is 0 Å². The number of aryl methyl sites for hydroxylation is 1. The fourth-order valence-electron chi connectivity index (χ4n) is 2.04. The molecule has 0 aliphatic heterocycles. The Morgan fingerprint density at radius 3 is 2.71 bits per heavy atom. The summed E-state index contributed by atoms with van der Waals surface area (Å²) in [5.74, 6) is 0.472. The van der Waals surface area contributed by atoms with E-state index in [2.05, 4.69) is 9.97 Å². The van der Waals surface area contributed by atoms with Gasteiger partial charge in [-0.15, -0.1) is 0 Å². The van der Waals surface area contributed by atoms with Gasteiger partial charge in [-0.25, -0.2) is 9.97 Å². The predicted octanol–water partition coefficient (Wildman–Crippen LogP) is 2.37. The average molecular weight is 257 g/mol. The molecule has 1 saturated carbocycles. The summed E-state index contributed by atoms with van der Waals surface area (Å²) in [7, 11) is 0. The molecule has 17 heavy (non-hydrogen) atoms. The van der Waals surface area contributed by atoms with Crippen LogP contribution in [-0.4, -0.2) is 27.3 Å². The number of ether oxygens (including phenoxy) is 1. The van der Waals surface area contributed by atoms with E-state index in [0.29, 0.717) is 10.9 Å². The Kier molecular flexibility index (Phi) is 4.18. The lowest BCUT2D eigenvalue weighted by Gasteiger charge is -2.26. The summed E-state index contributed by atoms with van der Waals surface area (Å²) in [4.78, 5) is 8.17. The minimum Gasteiger partial charge on any atom is -0.473 e. The zero-order valence-electron chi connectivity index (χ0n) is 9.90. The molecular weight excluding hydrogens is 240 g/mol. The maximum atomic E-state index is 9.42. The fraction of sp³-hybridized carbons (Fsp3) is 0.667. The number of nitrogens with zero attached hydrogens (tertiary/aromatic N) is 2. The number of hydrogen-bond acceptors (Lipinski definition) is 4. The molecule has 1 aliphatic carbocycles. The van der Waals surface area contributed by atoms with Gasteiger partial charge in [-0.1, -0.05) is 18.5 Å². The summed E-state index contributed by atoms with van der Waals surface area (Å²) in [6, 6.07) is 0. The normalized spacial score (nSPS) is 24.6. The van der Waals surface area contributed by atoms with Crippen LogP contribution in [0.4, 0.5) is 0 Å². The molecule has 1 aliphatic rings. The third kappa shape index (κ3) is 3.07. The molecule has 1 aromatic rings. The summed E-state index contributed by atoms with van der Waals surface area (Å²) in [6.07, 6.45) is 5.45. The van der Waals surface area contributed by atoms with Crippen molar-refractivity contribution in [2.45, 2.75) is 51.2 Å². The van der Waals surface area contributed by atoms with Crippen LogP contribution in [0.3, 0.4) is 0 Å². The van der Waals surface area contributed by atoms with Gasteiger partial charge in [0.2, 0.25) is 5.88 Å². The van der Waals surface area contributed by atoms with Crippen LogP contribution in [0.15, 0.2) is 6.33 Å². The second-order valence-electron chi connectivity index (χ2n) is 4.34. The monoisotopic (exact) mass is 256 g/mol. The topological polar surface area (TPSA) is 55.2 Å². The molecule has 0 saturated heterocycles. The Bertz CT molecular complexity index is 379. The first-order valence-corrected chi connectivity index (χ1v) is 6.42. The van der Waals surface area contributed by atoms with E-state index in [0.717, 1.165) is 37.8 Å².